The molecule has 0 spiro atoms. The normalized spacial score (nSPS) is 11.6. The fourth-order valence-electron chi connectivity index (χ4n) is 1.43. The standard InChI is InChI=1S/C12H10BrF3N2O/c13-9-1-3-10(4-2-9)19-8-7-18-6-5-11(17-18)12(14,15)16/h1-6H,7-8H2. The molecule has 1 aromatic heterocycles. The summed E-state index contributed by atoms with van der Waals surface area (Å²) < 4.78 is 44.5. The van der Waals surface area contributed by atoms with E-state index in [1.165, 1.54) is 10.9 Å². The molecule has 0 amide bonds. The summed E-state index contributed by atoms with van der Waals surface area (Å²) in [6, 6.07) is 8.14. The number of benzene rings is 1. The fourth-order valence-corrected chi connectivity index (χ4v) is 1.69. The Morgan fingerprint density at radius 2 is 1.84 bits per heavy atom. The van der Waals surface area contributed by atoms with E-state index in [4.69, 9.17) is 4.74 Å². The highest BCUT2D eigenvalue weighted by atomic mass is 79.9. The third-order valence-electron chi connectivity index (χ3n) is 2.33. The van der Waals surface area contributed by atoms with Gasteiger partial charge in [0.2, 0.25) is 0 Å². The lowest BCUT2D eigenvalue weighted by Gasteiger charge is -2.06. The second kappa shape index (κ2) is 5.64. The molecule has 2 rings (SSSR count). The molecule has 1 heterocycles. The van der Waals surface area contributed by atoms with Crippen LogP contribution in [0.2, 0.25) is 0 Å². The van der Waals surface area contributed by atoms with Crippen LogP contribution in [0.5, 0.6) is 5.75 Å². The largest absolute Gasteiger partial charge is 0.492 e. The molecule has 7 heteroatoms. The molecule has 0 unspecified atom stereocenters. The quantitative estimate of drug-likeness (QED) is 0.851. The number of alkyl halides is 3. The fraction of sp³-hybridized carbons (Fsp3) is 0.250. The first-order valence-electron chi connectivity index (χ1n) is 5.44. The van der Waals surface area contributed by atoms with Crippen LogP contribution in [-0.2, 0) is 12.7 Å². The van der Waals surface area contributed by atoms with Crippen molar-refractivity contribution in [2.75, 3.05) is 6.61 Å². The monoisotopic (exact) mass is 334 g/mol. The van der Waals surface area contributed by atoms with Crippen molar-refractivity contribution in [3.63, 3.8) is 0 Å². The highest BCUT2D eigenvalue weighted by molar-refractivity contribution is 9.10. The van der Waals surface area contributed by atoms with Gasteiger partial charge in [0.05, 0.1) is 6.54 Å². The lowest BCUT2D eigenvalue weighted by Crippen LogP contribution is -2.11. The molecule has 0 N–H and O–H groups in total. The Kier molecular flexibility index (Phi) is 4.14. The predicted octanol–water partition coefficient (Wildman–Crippen LogP) is 3.74. The Labute approximate surface area is 116 Å². The maximum Gasteiger partial charge on any atom is 0.435 e. The maximum atomic E-state index is 12.3. The topological polar surface area (TPSA) is 27.1 Å². The van der Waals surface area contributed by atoms with Crippen molar-refractivity contribution in [2.24, 2.45) is 0 Å². The van der Waals surface area contributed by atoms with Crippen molar-refractivity contribution in [1.82, 2.24) is 9.78 Å². The summed E-state index contributed by atoms with van der Waals surface area (Å²) in [4.78, 5) is 0. The molecule has 19 heavy (non-hydrogen) atoms. The van der Waals surface area contributed by atoms with Gasteiger partial charge >= 0.3 is 6.18 Å². The summed E-state index contributed by atoms with van der Waals surface area (Å²) in [7, 11) is 0. The van der Waals surface area contributed by atoms with Crippen molar-refractivity contribution in [3.8, 4) is 5.75 Å². The molecular formula is C12H10BrF3N2O. The summed E-state index contributed by atoms with van der Waals surface area (Å²) in [5.74, 6) is 0.659. The average Bonchev–Trinajstić information content (AvgIpc) is 2.80. The predicted molar refractivity (Wildman–Crippen MR) is 66.9 cm³/mol. The summed E-state index contributed by atoms with van der Waals surface area (Å²) in [6.07, 6.45) is -3.12. The molecule has 0 atom stereocenters. The smallest absolute Gasteiger partial charge is 0.435 e. The lowest BCUT2D eigenvalue weighted by atomic mass is 10.3. The minimum Gasteiger partial charge on any atom is -0.492 e. The zero-order valence-corrected chi connectivity index (χ0v) is 11.3. The van der Waals surface area contributed by atoms with Crippen LogP contribution >= 0.6 is 15.9 Å². The number of rotatable bonds is 4. The van der Waals surface area contributed by atoms with E-state index in [9.17, 15) is 13.2 Å². The van der Waals surface area contributed by atoms with Crippen molar-refractivity contribution in [2.45, 2.75) is 12.7 Å². The van der Waals surface area contributed by atoms with Gasteiger partial charge < -0.3 is 4.74 Å². The molecular weight excluding hydrogens is 325 g/mol. The summed E-state index contributed by atoms with van der Waals surface area (Å²) in [5, 5.41) is 3.43. The van der Waals surface area contributed by atoms with Crippen LogP contribution in [0.15, 0.2) is 41.0 Å². The van der Waals surface area contributed by atoms with E-state index in [-0.39, 0.29) is 13.2 Å². The summed E-state index contributed by atoms with van der Waals surface area (Å²) >= 11 is 3.30. The number of hydrogen-bond acceptors (Lipinski definition) is 2. The first-order valence-corrected chi connectivity index (χ1v) is 6.23. The average molecular weight is 335 g/mol. The Morgan fingerprint density at radius 1 is 1.16 bits per heavy atom. The van der Waals surface area contributed by atoms with Gasteiger partial charge in [0.15, 0.2) is 5.69 Å². The molecule has 0 saturated carbocycles. The van der Waals surface area contributed by atoms with Crippen molar-refractivity contribution >= 4 is 15.9 Å². The van der Waals surface area contributed by atoms with E-state index >= 15 is 0 Å². The number of aromatic nitrogens is 2. The first kappa shape index (κ1) is 13.9. The van der Waals surface area contributed by atoms with Gasteiger partial charge in [-0.25, -0.2) is 0 Å². The molecule has 2 aromatic rings. The highest BCUT2D eigenvalue weighted by Gasteiger charge is 2.33. The summed E-state index contributed by atoms with van der Waals surface area (Å²) in [6.45, 7) is 0.507. The van der Waals surface area contributed by atoms with Crippen LogP contribution in [0.4, 0.5) is 13.2 Å². The van der Waals surface area contributed by atoms with E-state index in [0.717, 1.165) is 10.5 Å². The summed E-state index contributed by atoms with van der Waals surface area (Å²) in [5.41, 5.74) is -0.892. The molecule has 0 bridgehead atoms. The van der Waals surface area contributed by atoms with E-state index in [0.29, 0.717) is 5.75 Å². The maximum absolute atomic E-state index is 12.3. The minimum absolute atomic E-state index is 0.251. The molecule has 3 nitrogen and oxygen atoms in total. The van der Waals surface area contributed by atoms with Crippen molar-refractivity contribution in [3.05, 3.63) is 46.7 Å². The molecule has 0 aliphatic carbocycles. The van der Waals surface area contributed by atoms with Gasteiger partial charge in [-0.1, -0.05) is 15.9 Å². The molecule has 0 aliphatic heterocycles. The van der Waals surface area contributed by atoms with Crippen molar-refractivity contribution < 1.29 is 17.9 Å². The zero-order valence-electron chi connectivity index (χ0n) is 9.69. The Hall–Kier alpha value is -1.50. The molecule has 0 fully saturated rings. The van der Waals surface area contributed by atoms with E-state index in [2.05, 4.69) is 21.0 Å². The second-order valence-electron chi connectivity index (χ2n) is 3.76. The van der Waals surface area contributed by atoms with Gasteiger partial charge in [-0.05, 0) is 30.3 Å². The van der Waals surface area contributed by atoms with Gasteiger partial charge in [-0.2, -0.15) is 18.3 Å². The molecule has 102 valence electrons. The van der Waals surface area contributed by atoms with Crippen LogP contribution in [0.25, 0.3) is 0 Å². The van der Waals surface area contributed by atoms with Gasteiger partial charge in [-0.15, -0.1) is 0 Å². The van der Waals surface area contributed by atoms with E-state index in [1.54, 1.807) is 12.1 Å². The van der Waals surface area contributed by atoms with Crippen LogP contribution in [0.1, 0.15) is 5.69 Å². The SMILES string of the molecule is FC(F)(F)c1ccn(CCOc2ccc(Br)cc2)n1. The van der Waals surface area contributed by atoms with Gasteiger partial charge in [-0.3, -0.25) is 4.68 Å². The third kappa shape index (κ3) is 3.99. The number of nitrogens with zero attached hydrogens (tertiary/aromatic N) is 2. The van der Waals surface area contributed by atoms with E-state index < -0.39 is 11.9 Å². The van der Waals surface area contributed by atoms with E-state index in [1.807, 2.05) is 12.1 Å². The van der Waals surface area contributed by atoms with Crippen LogP contribution in [-0.4, -0.2) is 16.4 Å². The number of ether oxygens (including phenoxy) is 1. The van der Waals surface area contributed by atoms with Crippen molar-refractivity contribution in [1.29, 1.82) is 0 Å². The molecule has 1 aromatic carbocycles. The number of hydrogen-bond donors (Lipinski definition) is 0. The van der Waals surface area contributed by atoms with Crippen LogP contribution in [0, 0.1) is 0 Å². The van der Waals surface area contributed by atoms with Gasteiger partial charge in [0.1, 0.15) is 12.4 Å². The lowest BCUT2D eigenvalue weighted by molar-refractivity contribution is -0.141. The molecule has 0 aliphatic rings. The Morgan fingerprint density at radius 3 is 2.42 bits per heavy atom. The Bertz CT molecular complexity index is 537. The molecule has 0 radical (unpaired) electrons. The Balaban J connectivity index is 1.86. The highest BCUT2D eigenvalue weighted by Crippen LogP contribution is 2.27. The second-order valence-corrected chi connectivity index (χ2v) is 4.68. The zero-order chi connectivity index (χ0) is 13.9. The van der Waals surface area contributed by atoms with Gasteiger partial charge in [0, 0.05) is 10.7 Å². The first-order chi connectivity index (χ1) is 8.95. The number of halogens is 4. The minimum atomic E-state index is -4.40. The third-order valence-corrected chi connectivity index (χ3v) is 2.86. The molecule has 0 saturated heterocycles. The van der Waals surface area contributed by atoms with Crippen LogP contribution in [0.3, 0.4) is 0 Å². The van der Waals surface area contributed by atoms with Crippen LogP contribution < -0.4 is 4.74 Å². The van der Waals surface area contributed by atoms with Gasteiger partial charge in [0.25, 0.3) is 0 Å².